The number of para-hydroxylation sites is 2. The lowest BCUT2D eigenvalue weighted by molar-refractivity contribution is 0.668. The second kappa shape index (κ2) is 13.0. The summed E-state index contributed by atoms with van der Waals surface area (Å²) < 4.78 is 9.04. The summed E-state index contributed by atoms with van der Waals surface area (Å²) in [6.07, 6.45) is 7.39. The number of nitrogens with zero attached hydrogens (tertiary/aromatic N) is 2. The third-order valence-corrected chi connectivity index (χ3v) is 12.9. The maximum absolute atomic E-state index is 9.39. The number of aromatic amines is 1. The highest BCUT2D eigenvalue weighted by Crippen LogP contribution is 2.44. The van der Waals surface area contributed by atoms with Gasteiger partial charge in [0, 0.05) is 56.0 Å². The molecule has 13 rings (SSSR count). The van der Waals surface area contributed by atoms with Crippen molar-refractivity contribution in [3.63, 3.8) is 0 Å². The summed E-state index contributed by atoms with van der Waals surface area (Å²) in [5, 5.41) is 22.2. The standard InChI is InChI=1S/C56H36N4O/c57-56(58-32-33-20-21-34-10-1-2-11-35(34)24-33)40-29-52(55-44-16-6-8-19-53(44)61-54(55)30-40)60-50-28-37-13-4-3-12-36(37)25-46(50)47-26-38-14-9-17-41(45(38)31-51(47)60)39-22-23-43-42-15-5-7-18-48(42)59-49(43)27-39/h1-26,28-32,39,57,59H,27H2/b57-56?,58-32+. The predicted molar refractivity (Wildman–Crippen MR) is 255 cm³/mol. The van der Waals surface area contributed by atoms with Gasteiger partial charge in [-0.2, -0.15) is 0 Å². The number of amidine groups is 1. The summed E-state index contributed by atoms with van der Waals surface area (Å²) in [7, 11) is 0. The van der Waals surface area contributed by atoms with E-state index in [0.717, 1.165) is 56.0 Å². The third-order valence-electron chi connectivity index (χ3n) is 12.9. The smallest absolute Gasteiger partial charge is 0.151 e. The number of aromatic nitrogens is 2. The van der Waals surface area contributed by atoms with E-state index < -0.39 is 0 Å². The van der Waals surface area contributed by atoms with Crippen molar-refractivity contribution in [2.75, 3.05) is 0 Å². The zero-order chi connectivity index (χ0) is 40.2. The third kappa shape index (κ3) is 5.27. The molecular weight excluding hydrogens is 745 g/mol. The van der Waals surface area contributed by atoms with Crippen molar-refractivity contribution in [1.29, 1.82) is 5.41 Å². The lowest BCUT2D eigenvalue weighted by Gasteiger charge is -2.20. The largest absolute Gasteiger partial charge is 0.456 e. The number of hydrogen-bond donors (Lipinski definition) is 2. The Morgan fingerprint density at radius 1 is 0.607 bits per heavy atom. The number of fused-ring (bicyclic) bond motifs is 12. The van der Waals surface area contributed by atoms with Crippen molar-refractivity contribution in [2.24, 2.45) is 4.99 Å². The molecule has 0 saturated heterocycles. The van der Waals surface area contributed by atoms with Crippen LogP contribution in [0.3, 0.4) is 0 Å². The number of benzene rings is 9. The number of allylic oxidation sites excluding steroid dienone is 1. The summed E-state index contributed by atoms with van der Waals surface area (Å²) >= 11 is 0. The Balaban J connectivity index is 1.05. The summed E-state index contributed by atoms with van der Waals surface area (Å²) in [5.41, 5.74) is 11.4. The number of nitrogens with one attached hydrogen (secondary N) is 2. The monoisotopic (exact) mass is 780 g/mol. The molecule has 0 bridgehead atoms. The Morgan fingerprint density at radius 3 is 2.18 bits per heavy atom. The van der Waals surface area contributed by atoms with Crippen LogP contribution in [-0.4, -0.2) is 21.6 Å². The van der Waals surface area contributed by atoms with Crippen LogP contribution in [0.5, 0.6) is 0 Å². The number of rotatable bonds is 4. The van der Waals surface area contributed by atoms with E-state index in [9.17, 15) is 5.41 Å². The van der Waals surface area contributed by atoms with E-state index in [4.69, 9.17) is 9.41 Å². The normalized spacial score (nSPS) is 14.3. The molecule has 0 aliphatic heterocycles. The number of H-pyrrole nitrogens is 1. The molecule has 1 atom stereocenters. The molecule has 0 saturated carbocycles. The zero-order valence-electron chi connectivity index (χ0n) is 33.0. The van der Waals surface area contributed by atoms with E-state index in [0.29, 0.717) is 5.56 Å². The molecular formula is C56H36N4O. The number of furan rings is 1. The van der Waals surface area contributed by atoms with E-state index in [-0.39, 0.29) is 11.8 Å². The van der Waals surface area contributed by atoms with Crippen LogP contribution in [0.25, 0.3) is 98.7 Å². The summed E-state index contributed by atoms with van der Waals surface area (Å²) in [6.45, 7) is 0. The molecule has 3 heterocycles. The van der Waals surface area contributed by atoms with Crippen LogP contribution >= 0.6 is 0 Å². The Kier molecular flexibility index (Phi) is 7.22. The lowest BCUT2D eigenvalue weighted by Crippen LogP contribution is -2.06. The molecule has 0 radical (unpaired) electrons. The van der Waals surface area contributed by atoms with Crippen LogP contribution in [-0.2, 0) is 6.42 Å². The molecule has 1 unspecified atom stereocenters. The highest BCUT2D eigenvalue weighted by atomic mass is 16.3. The summed E-state index contributed by atoms with van der Waals surface area (Å²) in [5.74, 6) is 0.368. The minimum Gasteiger partial charge on any atom is -0.456 e. The number of aliphatic imine (C=N–C) groups is 1. The van der Waals surface area contributed by atoms with E-state index in [1.807, 2.05) is 30.3 Å². The van der Waals surface area contributed by atoms with Crippen molar-refractivity contribution in [2.45, 2.75) is 12.3 Å². The second-order valence-corrected chi connectivity index (χ2v) is 16.4. The van der Waals surface area contributed by atoms with Gasteiger partial charge in [0.15, 0.2) is 5.84 Å². The van der Waals surface area contributed by atoms with Crippen molar-refractivity contribution in [1.82, 2.24) is 9.55 Å². The predicted octanol–water partition coefficient (Wildman–Crippen LogP) is 14.4. The van der Waals surface area contributed by atoms with Crippen molar-refractivity contribution in [3.05, 3.63) is 204 Å². The van der Waals surface area contributed by atoms with E-state index in [1.54, 1.807) is 6.21 Å². The van der Waals surface area contributed by atoms with Crippen LogP contribution in [0.2, 0.25) is 0 Å². The van der Waals surface area contributed by atoms with Crippen LogP contribution in [0, 0.1) is 5.41 Å². The minimum absolute atomic E-state index is 0.163. The Labute approximate surface area is 350 Å². The van der Waals surface area contributed by atoms with Gasteiger partial charge in [-0.1, -0.05) is 127 Å². The lowest BCUT2D eigenvalue weighted by atomic mass is 9.85. The fourth-order valence-corrected chi connectivity index (χ4v) is 10.0. The van der Waals surface area contributed by atoms with Crippen LogP contribution in [0.1, 0.15) is 33.9 Å². The molecule has 286 valence electrons. The van der Waals surface area contributed by atoms with Gasteiger partial charge in [-0.15, -0.1) is 0 Å². The fraction of sp³-hybridized carbons (Fsp3) is 0.0357. The maximum atomic E-state index is 9.39. The fourth-order valence-electron chi connectivity index (χ4n) is 10.0. The quantitative estimate of drug-likeness (QED) is 0.135. The molecule has 61 heavy (non-hydrogen) atoms. The molecule has 0 spiro atoms. The minimum atomic E-state index is 0.163. The Bertz CT molecular complexity index is 3890. The molecule has 0 amide bonds. The molecule has 5 nitrogen and oxygen atoms in total. The van der Waals surface area contributed by atoms with Crippen LogP contribution in [0.15, 0.2) is 185 Å². The topological polar surface area (TPSA) is 70.1 Å². The molecule has 9 aromatic carbocycles. The van der Waals surface area contributed by atoms with Crippen molar-refractivity contribution >= 4 is 105 Å². The first kappa shape index (κ1) is 33.9. The van der Waals surface area contributed by atoms with Gasteiger partial charge in [0.25, 0.3) is 0 Å². The van der Waals surface area contributed by atoms with Gasteiger partial charge in [0.2, 0.25) is 0 Å². The second-order valence-electron chi connectivity index (χ2n) is 16.4. The Morgan fingerprint density at radius 2 is 1.31 bits per heavy atom. The molecule has 1 aliphatic carbocycles. The molecule has 0 fully saturated rings. The molecule has 3 aromatic heterocycles. The zero-order valence-corrected chi connectivity index (χ0v) is 33.0. The summed E-state index contributed by atoms with van der Waals surface area (Å²) in [6, 6.07) is 60.3. The first-order valence-corrected chi connectivity index (χ1v) is 20.9. The average Bonchev–Trinajstić information content (AvgIpc) is 3.97. The molecule has 2 N–H and O–H groups in total. The van der Waals surface area contributed by atoms with Crippen LogP contribution in [0.4, 0.5) is 0 Å². The van der Waals surface area contributed by atoms with E-state index >= 15 is 0 Å². The van der Waals surface area contributed by atoms with Crippen LogP contribution < -0.4 is 0 Å². The first-order valence-electron chi connectivity index (χ1n) is 20.9. The Hall–Kier alpha value is -8.02. The van der Waals surface area contributed by atoms with E-state index in [1.165, 1.54) is 65.4 Å². The number of hydrogen-bond acceptors (Lipinski definition) is 2. The average molecular weight is 781 g/mol. The van der Waals surface area contributed by atoms with Gasteiger partial charge >= 0.3 is 0 Å². The van der Waals surface area contributed by atoms with Crippen molar-refractivity contribution in [3.8, 4) is 5.69 Å². The maximum Gasteiger partial charge on any atom is 0.151 e. The van der Waals surface area contributed by atoms with Gasteiger partial charge in [0.1, 0.15) is 11.2 Å². The molecule has 5 heteroatoms. The highest BCUT2D eigenvalue weighted by molar-refractivity contribution is 6.20. The van der Waals surface area contributed by atoms with Gasteiger partial charge in [-0.25, -0.2) is 4.99 Å². The highest BCUT2D eigenvalue weighted by Gasteiger charge is 2.24. The SMILES string of the molecule is N=C(/N=C/c1ccc2ccccc2c1)c1cc(-n2c3cc4ccccc4cc3c3cc4cccc(C5C=Cc6c([nH]c7ccccc67)C5)c4cc32)c2c(c1)oc1ccccc12. The molecule has 12 aromatic rings. The van der Waals surface area contributed by atoms with Gasteiger partial charge in [0.05, 0.1) is 22.1 Å². The first-order chi connectivity index (χ1) is 30.1. The summed E-state index contributed by atoms with van der Waals surface area (Å²) in [4.78, 5) is 8.49. The van der Waals surface area contributed by atoms with Gasteiger partial charge in [-0.05, 0) is 104 Å². The van der Waals surface area contributed by atoms with E-state index in [2.05, 4.69) is 161 Å². The molecule has 1 aliphatic rings. The van der Waals surface area contributed by atoms with Crippen molar-refractivity contribution < 1.29 is 4.42 Å². The van der Waals surface area contributed by atoms with Gasteiger partial charge < -0.3 is 14.0 Å². The van der Waals surface area contributed by atoms with Gasteiger partial charge in [-0.3, -0.25) is 5.41 Å².